The lowest BCUT2D eigenvalue weighted by Crippen LogP contribution is -2.30. The van der Waals surface area contributed by atoms with Gasteiger partial charge in [-0.25, -0.2) is 4.98 Å². The molecule has 0 amide bonds. The summed E-state index contributed by atoms with van der Waals surface area (Å²) in [4.78, 5) is 4.08. The van der Waals surface area contributed by atoms with Crippen molar-refractivity contribution in [1.29, 1.82) is 0 Å². The van der Waals surface area contributed by atoms with Crippen molar-refractivity contribution in [3.8, 4) is 0 Å². The zero-order chi connectivity index (χ0) is 11.1. The lowest BCUT2D eigenvalue weighted by atomic mass is 10.1. The number of rotatable bonds is 5. The Morgan fingerprint density at radius 3 is 2.81 bits per heavy atom. The van der Waals surface area contributed by atoms with Gasteiger partial charge in [-0.3, -0.25) is 5.10 Å². The number of thioether (sulfide) groups is 1. The Balaban J connectivity index is 1.56. The van der Waals surface area contributed by atoms with E-state index < -0.39 is 0 Å². The van der Waals surface area contributed by atoms with Crippen LogP contribution in [0.1, 0.15) is 38.5 Å². The fourth-order valence-corrected chi connectivity index (χ4v) is 2.81. The molecule has 0 spiro atoms. The van der Waals surface area contributed by atoms with Crippen LogP contribution in [0.5, 0.6) is 0 Å². The highest BCUT2D eigenvalue weighted by atomic mass is 32.2. The molecular formula is C11H20N4S. The average Bonchev–Trinajstić information content (AvgIpc) is 2.68. The highest BCUT2D eigenvalue weighted by molar-refractivity contribution is 7.99. The van der Waals surface area contributed by atoms with E-state index in [0.717, 1.165) is 23.5 Å². The van der Waals surface area contributed by atoms with Crippen LogP contribution in [0.25, 0.3) is 0 Å². The Morgan fingerprint density at radius 2 is 2.12 bits per heavy atom. The van der Waals surface area contributed by atoms with Gasteiger partial charge in [-0.2, -0.15) is 5.10 Å². The molecule has 0 saturated heterocycles. The molecule has 4 nitrogen and oxygen atoms in total. The van der Waals surface area contributed by atoms with E-state index in [9.17, 15) is 0 Å². The van der Waals surface area contributed by atoms with E-state index in [1.807, 2.05) is 0 Å². The Hall–Kier alpha value is -0.550. The highest BCUT2D eigenvalue weighted by Gasteiger charge is 2.10. The van der Waals surface area contributed by atoms with Gasteiger partial charge in [0, 0.05) is 18.3 Å². The molecule has 0 bridgehead atoms. The second-order valence-electron chi connectivity index (χ2n) is 4.28. The molecule has 0 atom stereocenters. The summed E-state index contributed by atoms with van der Waals surface area (Å²) in [6.45, 7) is 1.07. The normalized spacial score (nSPS) is 18.5. The minimum absolute atomic E-state index is 0.748. The Bertz CT molecular complexity index is 268. The van der Waals surface area contributed by atoms with Crippen LogP contribution in [0, 0.1) is 0 Å². The summed E-state index contributed by atoms with van der Waals surface area (Å²) >= 11 is 1.73. The van der Waals surface area contributed by atoms with Crippen LogP contribution in [-0.2, 0) is 0 Å². The Morgan fingerprint density at radius 1 is 1.31 bits per heavy atom. The van der Waals surface area contributed by atoms with Crippen molar-refractivity contribution in [3.63, 3.8) is 0 Å². The number of aromatic amines is 1. The summed E-state index contributed by atoms with van der Waals surface area (Å²) in [5, 5.41) is 11.2. The quantitative estimate of drug-likeness (QED) is 0.471. The maximum Gasteiger partial charge on any atom is 0.183 e. The van der Waals surface area contributed by atoms with E-state index in [4.69, 9.17) is 0 Å². The monoisotopic (exact) mass is 240 g/mol. The molecule has 0 radical (unpaired) electrons. The first kappa shape index (κ1) is 11.9. The minimum atomic E-state index is 0.748. The first-order valence-corrected chi connectivity index (χ1v) is 7.15. The molecule has 16 heavy (non-hydrogen) atoms. The largest absolute Gasteiger partial charge is 0.313 e. The van der Waals surface area contributed by atoms with Gasteiger partial charge in [0.15, 0.2) is 5.16 Å². The van der Waals surface area contributed by atoms with Gasteiger partial charge in [-0.15, -0.1) is 0 Å². The number of hydrogen-bond acceptors (Lipinski definition) is 4. The predicted octanol–water partition coefficient (Wildman–Crippen LogP) is 2.21. The SMILES string of the molecule is c1n[nH]c(SCCNC2CCCCCC2)n1. The fraction of sp³-hybridized carbons (Fsp3) is 0.818. The van der Waals surface area contributed by atoms with E-state index in [1.165, 1.54) is 38.5 Å². The van der Waals surface area contributed by atoms with Crippen LogP contribution in [0.2, 0.25) is 0 Å². The van der Waals surface area contributed by atoms with Gasteiger partial charge in [0.1, 0.15) is 6.33 Å². The summed E-state index contributed by atoms with van der Waals surface area (Å²) in [5.41, 5.74) is 0. The molecule has 1 heterocycles. The maximum atomic E-state index is 4.08. The Kier molecular flexibility index (Phi) is 5.15. The molecule has 1 aromatic heterocycles. The van der Waals surface area contributed by atoms with Crippen LogP contribution in [0.15, 0.2) is 11.5 Å². The van der Waals surface area contributed by atoms with Crippen LogP contribution in [0.4, 0.5) is 0 Å². The van der Waals surface area contributed by atoms with E-state index >= 15 is 0 Å². The molecule has 0 unspecified atom stereocenters. The molecule has 1 saturated carbocycles. The van der Waals surface area contributed by atoms with Crippen LogP contribution >= 0.6 is 11.8 Å². The van der Waals surface area contributed by atoms with E-state index in [2.05, 4.69) is 20.5 Å². The number of aromatic nitrogens is 3. The molecule has 5 heteroatoms. The second-order valence-corrected chi connectivity index (χ2v) is 5.37. The third kappa shape index (κ3) is 4.14. The third-order valence-electron chi connectivity index (χ3n) is 3.02. The first-order chi connectivity index (χ1) is 7.95. The lowest BCUT2D eigenvalue weighted by molar-refractivity contribution is 0.474. The van der Waals surface area contributed by atoms with Crippen molar-refractivity contribution in [3.05, 3.63) is 6.33 Å². The molecular weight excluding hydrogens is 220 g/mol. The summed E-state index contributed by atoms with van der Waals surface area (Å²) in [5.74, 6) is 1.06. The van der Waals surface area contributed by atoms with Crippen molar-refractivity contribution in [1.82, 2.24) is 20.5 Å². The molecule has 1 aliphatic rings. The van der Waals surface area contributed by atoms with Crippen LogP contribution in [-0.4, -0.2) is 33.5 Å². The zero-order valence-electron chi connectivity index (χ0n) is 9.61. The topological polar surface area (TPSA) is 53.6 Å². The number of hydrogen-bond donors (Lipinski definition) is 2. The van der Waals surface area contributed by atoms with Crippen molar-refractivity contribution in [2.75, 3.05) is 12.3 Å². The number of nitrogens with zero attached hydrogens (tertiary/aromatic N) is 2. The van der Waals surface area contributed by atoms with Gasteiger partial charge in [0.2, 0.25) is 0 Å². The van der Waals surface area contributed by atoms with Crippen molar-refractivity contribution in [2.45, 2.75) is 49.7 Å². The smallest absolute Gasteiger partial charge is 0.183 e. The molecule has 1 aliphatic carbocycles. The van der Waals surface area contributed by atoms with Crippen molar-refractivity contribution in [2.24, 2.45) is 0 Å². The molecule has 2 rings (SSSR count). The van der Waals surface area contributed by atoms with Gasteiger partial charge in [-0.05, 0) is 12.8 Å². The summed E-state index contributed by atoms with van der Waals surface area (Å²) in [7, 11) is 0. The molecule has 0 aliphatic heterocycles. The molecule has 1 aromatic rings. The van der Waals surface area contributed by atoms with Gasteiger partial charge in [-0.1, -0.05) is 37.4 Å². The molecule has 1 fully saturated rings. The number of nitrogens with one attached hydrogen (secondary N) is 2. The maximum absolute atomic E-state index is 4.08. The molecule has 0 aromatic carbocycles. The Labute approximate surface area is 101 Å². The third-order valence-corrected chi connectivity index (χ3v) is 3.90. The standard InChI is InChI=1S/C11H20N4S/c1-2-4-6-10(5-3-1)12-7-8-16-11-13-9-14-15-11/h9-10,12H,1-8H2,(H,13,14,15). The van der Waals surface area contributed by atoms with Gasteiger partial charge in [0.05, 0.1) is 0 Å². The van der Waals surface area contributed by atoms with E-state index in [1.54, 1.807) is 18.1 Å². The number of H-pyrrole nitrogens is 1. The van der Waals surface area contributed by atoms with Crippen LogP contribution < -0.4 is 5.32 Å². The zero-order valence-corrected chi connectivity index (χ0v) is 10.4. The van der Waals surface area contributed by atoms with Gasteiger partial charge >= 0.3 is 0 Å². The fourth-order valence-electron chi connectivity index (χ4n) is 2.16. The molecule has 2 N–H and O–H groups in total. The summed E-state index contributed by atoms with van der Waals surface area (Å²) in [6, 6.07) is 0.748. The van der Waals surface area contributed by atoms with E-state index in [0.29, 0.717) is 0 Å². The van der Waals surface area contributed by atoms with Gasteiger partial charge in [0.25, 0.3) is 0 Å². The average molecular weight is 240 g/mol. The van der Waals surface area contributed by atoms with Gasteiger partial charge < -0.3 is 5.32 Å². The van der Waals surface area contributed by atoms with Crippen LogP contribution in [0.3, 0.4) is 0 Å². The lowest BCUT2D eigenvalue weighted by Gasteiger charge is -2.15. The highest BCUT2D eigenvalue weighted by Crippen LogP contribution is 2.17. The first-order valence-electron chi connectivity index (χ1n) is 6.17. The van der Waals surface area contributed by atoms with Crippen molar-refractivity contribution < 1.29 is 0 Å². The summed E-state index contributed by atoms with van der Waals surface area (Å²) < 4.78 is 0. The van der Waals surface area contributed by atoms with E-state index in [-0.39, 0.29) is 0 Å². The predicted molar refractivity (Wildman–Crippen MR) is 66.6 cm³/mol. The summed E-state index contributed by atoms with van der Waals surface area (Å²) in [6.07, 6.45) is 9.90. The second kappa shape index (κ2) is 6.91. The molecule has 90 valence electrons. The minimum Gasteiger partial charge on any atom is -0.313 e. The van der Waals surface area contributed by atoms with Crippen molar-refractivity contribution >= 4 is 11.8 Å².